The summed E-state index contributed by atoms with van der Waals surface area (Å²) in [7, 11) is -5.32. The second kappa shape index (κ2) is 6.61. The Morgan fingerprint density at radius 3 is 2.39 bits per heavy atom. The maximum atomic E-state index is 12.4. The third kappa shape index (κ3) is 4.04. The minimum absolute atomic E-state index is 0.0353. The van der Waals surface area contributed by atoms with E-state index in [-0.39, 0.29) is 26.1 Å². The summed E-state index contributed by atoms with van der Waals surface area (Å²) in [5, 5.41) is 0. The molecule has 9 heteroatoms. The quantitative estimate of drug-likeness (QED) is 0.842. The zero-order chi connectivity index (χ0) is 17.1. The molecule has 0 aromatic heterocycles. The molecule has 0 fully saturated rings. The van der Waals surface area contributed by atoms with Crippen molar-refractivity contribution >= 4 is 15.9 Å². The fraction of sp³-hybridized carbons (Fsp3) is 0.357. The van der Waals surface area contributed by atoms with Crippen molar-refractivity contribution in [2.24, 2.45) is 0 Å². The number of benzene rings is 1. The molecule has 126 valence electrons. The lowest BCUT2D eigenvalue weighted by molar-refractivity contribution is -0.0428. The monoisotopic (exact) mass is 349 g/mol. The Kier molecular flexibility index (Phi) is 4.98. The summed E-state index contributed by atoms with van der Waals surface area (Å²) in [6.07, 6.45) is -0.188. The number of hydrogen-bond donors (Lipinski definition) is 0. The molecular weight excluding hydrogens is 335 g/mol. The van der Waals surface area contributed by atoms with Crippen LogP contribution in [0.2, 0.25) is 0 Å². The summed E-state index contributed by atoms with van der Waals surface area (Å²) in [6, 6.07) is 8.89. The smallest absolute Gasteiger partial charge is 0.445 e. The van der Waals surface area contributed by atoms with Crippen LogP contribution in [0, 0.1) is 0 Å². The summed E-state index contributed by atoms with van der Waals surface area (Å²) in [4.78, 5) is 12.3. The first-order valence-electron chi connectivity index (χ1n) is 6.68. The van der Waals surface area contributed by atoms with Gasteiger partial charge in [0, 0.05) is 19.5 Å². The Labute approximate surface area is 131 Å². The van der Waals surface area contributed by atoms with E-state index in [9.17, 15) is 26.4 Å². The van der Waals surface area contributed by atoms with E-state index in [1.807, 2.05) is 6.07 Å². The normalized spacial score (nSPS) is 16.0. The first-order chi connectivity index (χ1) is 10.7. The lowest BCUT2D eigenvalue weighted by Gasteiger charge is -2.26. The molecule has 1 aromatic carbocycles. The maximum Gasteiger partial charge on any atom is 0.501 e. The highest BCUT2D eigenvalue weighted by Gasteiger charge is 2.48. The number of halogens is 3. The topological polar surface area (TPSA) is 63.7 Å². The van der Waals surface area contributed by atoms with Crippen molar-refractivity contribution < 1.29 is 31.1 Å². The van der Waals surface area contributed by atoms with Gasteiger partial charge >= 0.3 is 11.6 Å². The molecule has 1 heterocycles. The first-order valence-corrected chi connectivity index (χ1v) is 8.16. The number of sulfone groups is 1. The van der Waals surface area contributed by atoms with Crippen LogP contribution in [0.5, 0.6) is 0 Å². The number of amides is 1. The average molecular weight is 349 g/mol. The summed E-state index contributed by atoms with van der Waals surface area (Å²) < 4.78 is 64.9. The highest BCUT2D eigenvalue weighted by atomic mass is 32.2. The van der Waals surface area contributed by atoms with Gasteiger partial charge in [-0.15, -0.1) is 0 Å². The van der Waals surface area contributed by atoms with Gasteiger partial charge in [0.05, 0.1) is 4.91 Å². The van der Waals surface area contributed by atoms with Crippen molar-refractivity contribution in [1.29, 1.82) is 0 Å². The number of carbonyl (C=O) groups is 1. The number of carbonyl (C=O) groups excluding carboxylic acids is 1. The van der Waals surface area contributed by atoms with E-state index in [0.717, 1.165) is 16.5 Å². The maximum absolute atomic E-state index is 12.4. The summed E-state index contributed by atoms with van der Waals surface area (Å²) >= 11 is 0. The molecule has 0 spiro atoms. The van der Waals surface area contributed by atoms with Gasteiger partial charge in [-0.25, -0.2) is 13.2 Å². The molecule has 1 aromatic rings. The van der Waals surface area contributed by atoms with E-state index in [1.165, 1.54) is 0 Å². The number of alkyl halides is 3. The minimum Gasteiger partial charge on any atom is -0.445 e. The highest BCUT2D eigenvalue weighted by molar-refractivity contribution is 7.96. The molecule has 0 saturated carbocycles. The van der Waals surface area contributed by atoms with Crippen molar-refractivity contribution in [2.75, 3.05) is 13.1 Å². The van der Waals surface area contributed by atoms with Crippen molar-refractivity contribution in [3.8, 4) is 0 Å². The van der Waals surface area contributed by atoms with Crippen LogP contribution in [0.15, 0.2) is 41.3 Å². The van der Waals surface area contributed by atoms with Crippen molar-refractivity contribution in [1.82, 2.24) is 4.90 Å². The van der Waals surface area contributed by atoms with E-state index in [1.54, 1.807) is 24.3 Å². The van der Waals surface area contributed by atoms with E-state index < -0.39 is 26.3 Å². The summed E-state index contributed by atoms with van der Waals surface area (Å²) in [6.45, 7) is -0.347. The molecule has 0 aliphatic carbocycles. The Morgan fingerprint density at radius 2 is 1.87 bits per heavy atom. The number of ether oxygens (including phenoxy) is 1. The molecule has 5 nitrogen and oxygen atoms in total. The molecule has 0 saturated heterocycles. The van der Waals surface area contributed by atoms with Gasteiger partial charge in [0.25, 0.3) is 9.84 Å². The summed E-state index contributed by atoms with van der Waals surface area (Å²) in [5.74, 6) is 0. The number of nitrogens with zero attached hydrogens (tertiary/aromatic N) is 1. The number of hydrogen-bond acceptors (Lipinski definition) is 4. The van der Waals surface area contributed by atoms with Crippen LogP contribution in [-0.2, 0) is 21.2 Å². The molecule has 1 amide bonds. The molecule has 0 bridgehead atoms. The Hall–Kier alpha value is -2.03. The van der Waals surface area contributed by atoms with Gasteiger partial charge in [-0.3, -0.25) is 0 Å². The van der Waals surface area contributed by atoms with Crippen LogP contribution in [0.1, 0.15) is 12.0 Å². The molecule has 2 rings (SSSR count). The van der Waals surface area contributed by atoms with E-state index in [2.05, 4.69) is 0 Å². The Morgan fingerprint density at radius 1 is 1.22 bits per heavy atom. The van der Waals surface area contributed by atoms with Gasteiger partial charge in [0.15, 0.2) is 0 Å². The molecule has 0 radical (unpaired) electrons. The van der Waals surface area contributed by atoms with E-state index in [0.29, 0.717) is 0 Å². The predicted molar refractivity (Wildman–Crippen MR) is 75.9 cm³/mol. The molecule has 1 aliphatic heterocycles. The van der Waals surface area contributed by atoms with Gasteiger partial charge in [-0.2, -0.15) is 13.2 Å². The van der Waals surface area contributed by atoms with Gasteiger partial charge in [-0.1, -0.05) is 36.4 Å². The lowest BCUT2D eigenvalue weighted by atomic mass is 10.2. The Balaban J connectivity index is 1.94. The van der Waals surface area contributed by atoms with Gasteiger partial charge in [0.1, 0.15) is 6.61 Å². The van der Waals surface area contributed by atoms with Crippen LogP contribution < -0.4 is 0 Å². The van der Waals surface area contributed by atoms with Gasteiger partial charge < -0.3 is 9.64 Å². The van der Waals surface area contributed by atoms with E-state index in [4.69, 9.17) is 4.74 Å². The van der Waals surface area contributed by atoms with Gasteiger partial charge in [0.2, 0.25) is 0 Å². The van der Waals surface area contributed by atoms with Crippen molar-refractivity contribution in [3.05, 3.63) is 46.9 Å². The minimum atomic E-state index is -5.32. The zero-order valence-electron chi connectivity index (χ0n) is 11.9. The van der Waals surface area contributed by atoms with Gasteiger partial charge in [-0.05, 0) is 5.56 Å². The third-order valence-electron chi connectivity index (χ3n) is 3.28. The molecule has 0 N–H and O–H groups in total. The SMILES string of the molecule is O=C(OCc1ccccc1)N1CC=C(S(=O)(=O)C(F)(F)F)CC1. The van der Waals surface area contributed by atoms with Crippen LogP contribution in [0.3, 0.4) is 0 Å². The fourth-order valence-corrected chi connectivity index (χ4v) is 2.97. The van der Waals surface area contributed by atoms with Crippen molar-refractivity contribution in [3.63, 3.8) is 0 Å². The fourth-order valence-electron chi connectivity index (χ4n) is 2.02. The summed E-state index contributed by atoms with van der Waals surface area (Å²) in [5.41, 5.74) is -4.55. The zero-order valence-corrected chi connectivity index (χ0v) is 12.7. The second-order valence-corrected chi connectivity index (χ2v) is 6.85. The highest BCUT2D eigenvalue weighted by Crippen LogP contribution is 2.32. The molecule has 23 heavy (non-hydrogen) atoms. The lowest BCUT2D eigenvalue weighted by Crippen LogP contribution is -2.37. The van der Waals surface area contributed by atoms with Crippen LogP contribution in [-0.4, -0.2) is 38.0 Å². The van der Waals surface area contributed by atoms with Crippen LogP contribution in [0.4, 0.5) is 18.0 Å². The average Bonchev–Trinajstić information content (AvgIpc) is 2.52. The van der Waals surface area contributed by atoms with Crippen molar-refractivity contribution in [2.45, 2.75) is 18.5 Å². The first kappa shape index (κ1) is 17.3. The molecule has 0 atom stereocenters. The molecular formula is C14H14F3NO4S. The second-order valence-electron chi connectivity index (χ2n) is 4.86. The largest absolute Gasteiger partial charge is 0.501 e. The van der Waals surface area contributed by atoms with Crippen LogP contribution in [0.25, 0.3) is 0 Å². The predicted octanol–water partition coefficient (Wildman–Crippen LogP) is 2.85. The number of rotatable bonds is 3. The Bertz CT molecular complexity index is 698. The van der Waals surface area contributed by atoms with E-state index >= 15 is 0 Å². The van der Waals surface area contributed by atoms with Crippen LogP contribution >= 0.6 is 0 Å². The molecule has 1 aliphatic rings. The third-order valence-corrected chi connectivity index (χ3v) is 4.95. The standard InChI is InChI=1S/C14H14F3NO4S/c15-14(16,17)23(20,21)12-6-8-18(9-7-12)13(19)22-10-11-4-2-1-3-5-11/h1-6H,7-10H2. The molecule has 0 unspecified atom stereocenters.